The standard InChI is InChI=1S/C22H25BrCl2N2O3/c1-22(2,3)30-21(29)26-19(12-15-7-10-17(24)18(25)11-15)20(28)27(4)13-14-5-8-16(23)9-6-14/h5-11,19H,12-13H2,1-4H3,(H,26,29)/t19-/m0/s1. The van der Waals surface area contributed by atoms with Crippen LogP contribution < -0.4 is 5.32 Å². The number of amides is 2. The summed E-state index contributed by atoms with van der Waals surface area (Å²) in [7, 11) is 1.70. The molecule has 8 heteroatoms. The summed E-state index contributed by atoms with van der Waals surface area (Å²) in [6, 6.07) is 12.0. The number of carbonyl (C=O) groups excluding carboxylic acids is 2. The molecule has 1 atom stereocenters. The lowest BCUT2D eigenvalue weighted by Crippen LogP contribution is -2.49. The van der Waals surface area contributed by atoms with Crippen LogP contribution in [0.25, 0.3) is 0 Å². The Morgan fingerprint density at radius 3 is 2.23 bits per heavy atom. The smallest absolute Gasteiger partial charge is 0.408 e. The van der Waals surface area contributed by atoms with Crippen molar-refractivity contribution in [1.82, 2.24) is 10.2 Å². The van der Waals surface area contributed by atoms with E-state index >= 15 is 0 Å². The van der Waals surface area contributed by atoms with Gasteiger partial charge in [0.05, 0.1) is 10.0 Å². The number of halogens is 3. The van der Waals surface area contributed by atoms with Crippen molar-refractivity contribution in [3.63, 3.8) is 0 Å². The Hall–Kier alpha value is -1.76. The number of nitrogens with one attached hydrogen (secondary N) is 1. The fraction of sp³-hybridized carbons (Fsp3) is 0.364. The molecule has 0 heterocycles. The van der Waals surface area contributed by atoms with Gasteiger partial charge in [0.2, 0.25) is 5.91 Å². The number of ether oxygens (including phenoxy) is 1. The van der Waals surface area contributed by atoms with Crippen LogP contribution in [0.2, 0.25) is 10.0 Å². The molecule has 5 nitrogen and oxygen atoms in total. The average molecular weight is 516 g/mol. The lowest BCUT2D eigenvalue weighted by Gasteiger charge is -2.27. The molecule has 0 saturated heterocycles. The second-order valence-electron chi connectivity index (χ2n) is 7.97. The molecule has 0 fully saturated rings. The Kier molecular flexibility index (Phi) is 8.59. The van der Waals surface area contributed by atoms with Gasteiger partial charge in [-0.15, -0.1) is 0 Å². The van der Waals surface area contributed by atoms with Crippen molar-refractivity contribution in [2.75, 3.05) is 7.05 Å². The third kappa shape index (κ3) is 7.82. The number of alkyl carbamates (subject to hydrolysis) is 1. The van der Waals surface area contributed by atoms with E-state index in [1.54, 1.807) is 50.9 Å². The highest BCUT2D eigenvalue weighted by Gasteiger charge is 2.27. The second kappa shape index (κ2) is 10.5. The van der Waals surface area contributed by atoms with Gasteiger partial charge in [-0.1, -0.05) is 57.3 Å². The van der Waals surface area contributed by atoms with Gasteiger partial charge in [-0.25, -0.2) is 4.79 Å². The van der Waals surface area contributed by atoms with E-state index in [1.165, 1.54) is 0 Å². The predicted molar refractivity (Wildman–Crippen MR) is 124 cm³/mol. The molecule has 0 aromatic heterocycles. The van der Waals surface area contributed by atoms with E-state index in [2.05, 4.69) is 21.2 Å². The van der Waals surface area contributed by atoms with Crippen molar-refractivity contribution in [2.24, 2.45) is 0 Å². The molecule has 2 aromatic carbocycles. The van der Waals surface area contributed by atoms with Gasteiger partial charge in [-0.05, 0) is 56.2 Å². The van der Waals surface area contributed by atoms with Crippen molar-refractivity contribution in [3.8, 4) is 0 Å². The number of nitrogens with zero attached hydrogens (tertiary/aromatic N) is 1. The van der Waals surface area contributed by atoms with Crippen molar-refractivity contribution in [1.29, 1.82) is 0 Å². The number of carbonyl (C=O) groups is 2. The van der Waals surface area contributed by atoms with Crippen molar-refractivity contribution < 1.29 is 14.3 Å². The molecular formula is C22H25BrCl2N2O3. The molecule has 162 valence electrons. The Labute approximate surface area is 195 Å². The van der Waals surface area contributed by atoms with Gasteiger partial charge in [0, 0.05) is 24.5 Å². The normalized spacial score (nSPS) is 12.2. The third-order valence-corrected chi connectivity index (χ3v) is 5.39. The van der Waals surface area contributed by atoms with Crippen molar-refractivity contribution >= 4 is 51.1 Å². The lowest BCUT2D eigenvalue weighted by molar-refractivity contribution is -0.132. The summed E-state index contributed by atoms with van der Waals surface area (Å²) in [4.78, 5) is 27.1. The van der Waals surface area contributed by atoms with E-state index in [0.29, 0.717) is 16.6 Å². The summed E-state index contributed by atoms with van der Waals surface area (Å²) in [5.41, 5.74) is 1.07. The number of hydrogen-bond acceptors (Lipinski definition) is 3. The van der Waals surface area contributed by atoms with Gasteiger partial charge in [-0.2, -0.15) is 0 Å². The minimum absolute atomic E-state index is 0.241. The van der Waals surface area contributed by atoms with Crippen LogP contribution in [0, 0.1) is 0 Å². The molecule has 2 amide bonds. The molecule has 0 saturated carbocycles. The van der Waals surface area contributed by atoms with Crippen LogP contribution in [0.15, 0.2) is 46.9 Å². The van der Waals surface area contributed by atoms with Gasteiger partial charge >= 0.3 is 6.09 Å². The lowest BCUT2D eigenvalue weighted by atomic mass is 10.0. The van der Waals surface area contributed by atoms with Crippen LogP contribution in [0.3, 0.4) is 0 Å². The Morgan fingerprint density at radius 2 is 1.67 bits per heavy atom. The number of rotatable bonds is 6. The van der Waals surface area contributed by atoms with E-state index in [9.17, 15) is 9.59 Å². The molecule has 0 spiro atoms. The van der Waals surface area contributed by atoms with Crippen LogP contribution >= 0.6 is 39.1 Å². The summed E-state index contributed by atoms with van der Waals surface area (Å²) >= 11 is 15.5. The summed E-state index contributed by atoms with van der Waals surface area (Å²) in [5.74, 6) is -0.241. The predicted octanol–water partition coefficient (Wildman–Crippen LogP) is 5.85. The molecule has 2 rings (SSSR count). The quantitative estimate of drug-likeness (QED) is 0.524. The molecule has 2 aromatic rings. The number of benzene rings is 2. The Balaban J connectivity index is 2.19. The zero-order chi connectivity index (χ0) is 22.5. The van der Waals surface area contributed by atoms with E-state index in [0.717, 1.165) is 15.6 Å². The summed E-state index contributed by atoms with van der Waals surface area (Å²) in [6.07, 6.45) is -0.405. The minimum atomic E-state index is -0.822. The first-order chi connectivity index (χ1) is 13.9. The molecule has 0 unspecified atom stereocenters. The van der Waals surface area contributed by atoms with E-state index in [-0.39, 0.29) is 12.3 Å². The van der Waals surface area contributed by atoms with E-state index in [1.807, 2.05) is 24.3 Å². The second-order valence-corrected chi connectivity index (χ2v) is 9.70. The fourth-order valence-corrected chi connectivity index (χ4v) is 3.34. The largest absolute Gasteiger partial charge is 0.444 e. The molecule has 0 aliphatic heterocycles. The molecule has 1 N–H and O–H groups in total. The third-order valence-electron chi connectivity index (χ3n) is 4.12. The highest BCUT2D eigenvalue weighted by molar-refractivity contribution is 9.10. The van der Waals surface area contributed by atoms with Crippen LogP contribution in [0.5, 0.6) is 0 Å². The first-order valence-corrected chi connectivity index (χ1v) is 10.9. The van der Waals surface area contributed by atoms with Crippen molar-refractivity contribution in [2.45, 2.75) is 45.4 Å². The molecule has 0 aliphatic rings. The SMILES string of the molecule is CN(Cc1ccc(Br)cc1)C(=O)[C@H](Cc1ccc(Cl)c(Cl)c1)NC(=O)OC(C)(C)C. The zero-order valence-electron chi connectivity index (χ0n) is 17.3. The minimum Gasteiger partial charge on any atom is -0.444 e. The maximum Gasteiger partial charge on any atom is 0.408 e. The van der Waals surface area contributed by atoms with Crippen LogP contribution in [-0.4, -0.2) is 35.6 Å². The maximum atomic E-state index is 13.2. The van der Waals surface area contributed by atoms with Gasteiger partial charge in [-0.3, -0.25) is 4.79 Å². The zero-order valence-corrected chi connectivity index (χ0v) is 20.4. The molecular weight excluding hydrogens is 491 g/mol. The maximum absolute atomic E-state index is 13.2. The van der Waals surface area contributed by atoms with Gasteiger partial charge < -0.3 is 15.0 Å². The fourth-order valence-electron chi connectivity index (χ4n) is 2.76. The summed E-state index contributed by atoms with van der Waals surface area (Å²) in [6.45, 7) is 5.70. The molecule has 30 heavy (non-hydrogen) atoms. The highest BCUT2D eigenvalue weighted by Crippen LogP contribution is 2.23. The number of hydrogen-bond donors (Lipinski definition) is 1. The van der Waals surface area contributed by atoms with Gasteiger partial charge in [0.15, 0.2) is 0 Å². The first-order valence-electron chi connectivity index (χ1n) is 9.37. The van der Waals surface area contributed by atoms with E-state index in [4.69, 9.17) is 27.9 Å². The Morgan fingerprint density at radius 1 is 1.07 bits per heavy atom. The van der Waals surface area contributed by atoms with Gasteiger partial charge in [0.1, 0.15) is 11.6 Å². The molecule has 0 aliphatic carbocycles. The van der Waals surface area contributed by atoms with Crippen LogP contribution in [0.4, 0.5) is 4.79 Å². The topological polar surface area (TPSA) is 58.6 Å². The van der Waals surface area contributed by atoms with Gasteiger partial charge in [0.25, 0.3) is 0 Å². The molecule has 0 bridgehead atoms. The van der Waals surface area contributed by atoms with E-state index < -0.39 is 17.7 Å². The molecule has 0 radical (unpaired) electrons. The number of likely N-dealkylation sites (N-methyl/N-ethyl adjacent to an activating group) is 1. The Bertz CT molecular complexity index is 898. The first kappa shape index (κ1) is 24.5. The monoisotopic (exact) mass is 514 g/mol. The summed E-state index contributed by atoms with van der Waals surface area (Å²) < 4.78 is 6.30. The van der Waals surface area contributed by atoms with Crippen LogP contribution in [-0.2, 0) is 22.5 Å². The van der Waals surface area contributed by atoms with Crippen molar-refractivity contribution in [3.05, 3.63) is 68.1 Å². The average Bonchev–Trinajstić information content (AvgIpc) is 2.64. The van der Waals surface area contributed by atoms with Crippen LogP contribution in [0.1, 0.15) is 31.9 Å². The summed E-state index contributed by atoms with van der Waals surface area (Å²) in [5, 5.41) is 3.51. The highest BCUT2D eigenvalue weighted by atomic mass is 79.9.